The van der Waals surface area contributed by atoms with Crippen molar-refractivity contribution in [2.24, 2.45) is 0 Å². The summed E-state index contributed by atoms with van der Waals surface area (Å²) in [6.45, 7) is 3.20. The van der Waals surface area contributed by atoms with Gasteiger partial charge in [-0.15, -0.1) is 0 Å². The van der Waals surface area contributed by atoms with Crippen LogP contribution in [0.2, 0.25) is 0 Å². The van der Waals surface area contributed by atoms with Gasteiger partial charge in [0.1, 0.15) is 16.4 Å². The van der Waals surface area contributed by atoms with Crippen molar-refractivity contribution < 1.29 is 31.5 Å². The number of ether oxygens (including phenoxy) is 2. The Hall–Kier alpha value is -2.72. The second kappa shape index (κ2) is 11.1. The van der Waals surface area contributed by atoms with E-state index in [-0.39, 0.29) is 29.4 Å². The molecule has 31 heavy (non-hydrogen) atoms. The standard InChI is InChI=1S/C21H26F2N2O5S/c1-4-25(5-2)31(27,28)19-14-16(9-12-18(19)29-6-3)24-20(26)13-15-7-10-17(11-8-15)30-21(22)23/h7-12,14,21H,4-6,13H2,1-3H3,(H,24,26). The molecule has 170 valence electrons. The molecule has 0 heterocycles. The van der Waals surface area contributed by atoms with Crippen LogP contribution in [0, 0.1) is 0 Å². The molecule has 0 saturated heterocycles. The number of carbonyl (C=O) groups excluding carboxylic acids is 1. The van der Waals surface area contributed by atoms with Crippen molar-refractivity contribution in [2.45, 2.75) is 38.7 Å². The van der Waals surface area contributed by atoms with E-state index in [1.807, 2.05) is 0 Å². The summed E-state index contributed by atoms with van der Waals surface area (Å²) in [5, 5.41) is 2.67. The van der Waals surface area contributed by atoms with Crippen molar-refractivity contribution in [3.63, 3.8) is 0 Å². The zero-order valence-electron chi connectivity index (χ0n) is 17.6. The van der Waals surface area contributed by atoms with Crippen molar-refractivity contribution >= 4 is 21.6 Å². The molecule has 0 aromatic heterocycles. The van der Waals surface area contributed by atoms with Crippen LogP contribution >= 0.6 is 0 Å². The lowest BCUT2D eigenvalue weighted by molar-refractivity contribution is -0.115. The lowest BCUT2D eigenvalue weighted by Gasteiger charge is -2.21. The molecular weight excluding hydrogens is 430 g/mol. The smallest absolute Gasteiger partial charge is 0.387 e. The summed E-state index contributed by atoms with van der Waals surface area (Å²) in [4.78, 5) is 12.4. The first-order chi connectivity index (χ1) is 14.7. The summed E-state index contributed by atoms with van der Waals surface area (Å²) in [6, 6.07) is 10.1. The number of hydrogen-bond acceptors (Lipinski definition) is 5. The Morgan fingerprint density at radius 1 is 1.06 bits per heavy atom. The van der Waals surface area contributed by atoms with Crippen LogP contribution in [0.15, 0.2) is 47.4 Å². The molecule has 2 rings (SSSR count). The highest BCUT2D eigenvalue weighted by Gasteiger charge is 2.26. The number of anilines is 1. The van der Waals surface area contributed by atoms with Crippen LogP contribution in [-0.4, -0.2) is 44.9 Å². The number of amides is 1. The molecule has 7 nitrogen and oxygen atoms in total. The Morgan fingerprint density at radius 3 is 2.26 bits per heavy atom. The minimum absolute atomic E-state index is 0.00285. The van der Waals surface area contributed by atoms with E-state index in [1.165, 1.54) is 40.7 Å². The van der Waals surface area contributed by atoms with Gasteiger partial charge in [-0.25, -0.2) is 8.42 Å². The monoisotopic (exact) mass is 456 g/mol. The molecule has 0 radical (unpaired) electrons. The van der Waals surface area contributed by atoms with Gasteiger partial charge < -0.3 is 14.8 Å². The number of carbonyl (C=O) groups is 1. The third-order valence-electron chi connectivity index (χ3n) is 4.36. The van der Waals surface area contributed by atoms with E-state index in [2.05, 4.69) is 10.1 Å². The van der Waals surface area contributed by atoms with Gasteiger partial charge in [0.05, 0.1) is 13.0 Å². The van der Waals surface area contributed by atoms with Crippen molar-refractivity contribution in [2.75, 3.05) is 25.0 Å². The largest absolute Gasteiger partial charge is 0.492 e. The third-order valence-corrected chi connectivity index (χ3v) is 6.43. The van der Waals surface area contributed by atoms with Crippen molar-refractivity contribution in [1.29, 1.82) is 0 Å². The third kappa shape index (κ3) is 6.63. The zero-order chi connectivity index (χ0) is 23.0. The molecule has 1 amide bonds. The molecule has 0 saturated carbocycles. The highest BCUT2D eigenvalue weighted by Crippen LogP contribution is 2.30. The maximum Gasteiger partial charge on any atom is 0.387 e. The quantitative estimate of drug-likeness (QED) is 0.554. The number of alkyl halides is 2. The molecular formula is C21H26F2N2O5S. The van der Waals surface area contributed by atoms with E-state index in [4.69, 9.17) is 4.74 Å². The highest BCUT2D eigenvalue weighted by atomic mass is 32.2. The van der Waals surface area contributed by atoms with Crippen LogP contribution in [0.1, 0.15) is 26.3 Å². The van der Waals surface area contributed by atoms with E-state index >= 15 is 0 Å². The summed E-state index contributed by atoms with van der Waals surface area (Å²) in [6.07, 6.45) is -0.0275. The molecule has 2 aromatic carbocycles. The minimum atomic E-state index is -3.80. The molecule has 1 N–H and O–H groups in total. The van der Waals surface area contributed by atoms with E-state index in [1.54, 1.807) is 26.8 Å². The normalized spacial score (nSPS) is 11.6. The summed E-state index contributed by atoms with van der Waals surface area (Å²) in [5.74, 6) is -0.184. The number of halogens is 2. The molecule has 0 aliphatic heterocycles. The van der Waals surface area contributed by atoms with Crippen LogP contribution in [0.3, 0.4) is 0 Å². The molecule has 0 atom stereocenters. The Bertz CT molecular complexity index is 978. The Balaban J connectivity index is 2.20. The van der Waals surface area contributed by atoms with Gasteiger partial charge in [0.15, 0.2) is 0 Å². The number of sulfonamides is 1. The van der Waals surface area contributed by atoms with E-state index in [0.717, 1.165) is 0 Å². The SMILES string of the molecule is CCOc1ccc(NC(=O)Cc2ccc(OC(F)F)cc2)cc1S(=O)(=O)N(CC)CC. The van der Waals surface area contributed by atoms with Gasteiger partial charge in [0.2, 0.25) is 15.9 Å². The molecule has 2 aromatic rings. The summed E-state index contributed by atoms with van der Waals surface area (Å²) in [5.41, 5.74) is 0.887. The summed E-state index contributed by atoms with van der Waals surface area (Å²) in [7, 11) is -3.80. The second-order valence-corrected chi connectivity index (χ2v) is 8.34. The van der Waals surface area contributed by atoms with E-state index < -0.39 is 22.5 Å². The molecule has 0 fully saturated rings. The molecule has 0 aliphatic carbocycles. The fourth-order valence-corrected chi connectivity index (χ4v) is 4.56. The van der Waals surface area contributed by atoms with E-state index in [9.17, 15) is 22.0 Å². The number of hydrogen-bond donors (Lipinski definition) is 1. The van der Waals surface area contributed by atoms with Gasteiger partial charge in [0, 0.05) is 18.8 Å². The predicted molar refractivity (Wildman–Crippen MR) is 113 cm³/mol. The van der Waals surface area contributed by atoms with Gasteiger partial charge in [-0.3, -0.25) is 4.79 Å². The van der Waals surface area contributed by atoms with Gasteiger partial charge in [-0.2, -0.15) is 13.1 Å². The fourth-order valence-electron chi connectivity index (χ4n) is 2.94. The van der Waals surface area contributed by atoms with Crippen LogP contribution in [-0.2, 0) is 21.2 Å². The Kier molecular flexibility index (Phi) is 8.76. The first-order valence-electron chi connectivity index (χ1n) is 9.81. The molecule has 0 bridgehead atoms. The number of rotatable bonds is 11. The maximum absolute atomic E-state index is 13.0. The van der Waals surface area contributed by atoms with E-state index in [0.29, 0.717) is 24.3 Å². The topological polar surface area (TPSA) is 84.9 Å². The lowest BCUT2D eigenvalue weighted by Crippen LogP contribution is -2.31. The van der Waals surface area contributed by atoms with Crippen LogP contribution in [0.5, 0.6) is 11.5 Å². The Labute approximate surface area is 181 Å². The van der Waals surface area contributed by atoms with Gasteiger partial charge >= 0.3 is 6.61 Å². The average molecular weight is 457 g/mol. The molecule has 10 heteroatoms. The van der Waals surface area contributed by atoms with Crippen LogP contribution in [0.25, 0.3) is 0 Å². The average Bonchev–Trinajstić information content (AvgIpc) is 2.71. The lowest BCUT2D eigenvalue weighted by atomic mass is 10.1. The minimum Gasteiger partial charge on any atom is -0.492 e. The molecule has 0 aliphatic rings. The first-order valence-corrected chi connectivity index (χ1v) is 11.3. The van der Waals surface area contributed by atoms with Gasteiger partial charge in [-0.1, -0.05) is 26.0 Å². The summed E-state index contributed by atoms with van der Waals surface area (Å²) >= 11 is 0. The van der Waals surface area contributed by atoms with Crippen molar-refractivity contribution in [3.8, 4) is 11.5 Å². The summed E-state index contributed by atoms with van der Waals surface area (Å²) < 4.78 is 61.5. The Morgan fingerprint density at radius 2 is 1.71 bits per heavy atom. The van der Waals surface area contributed by atoms with Crippen molar-refractivity contribution in [3.05, 3.63) is 48.0 Å². The first kappa shape index (κ1) is 24.5. The number of nitrogens with one attached hydrogen (secondary N) is 1. The second-order valence-electron chi connectivity index (χ2n) is 6.43. The number of nitrogens with zero attached hydrogens (tertiary/aromatic N) is 1. The maximum atomic E-state index is 13.0. The molecule has 0 unspecified atom stereocenters. The number of benzene rings is 2. The van der Waals surface area contributed by atoms with Gasteiger partial charge in [-0.05, 0) is 42.8 Å². The van der Waals surface area contributed by atoms with Crippen LogP contribution in [0.4, 0.5) is 14.5 Å². The van der Waals surface area contributed by atoms with Gasteiger partial charge in [0.25, 0.3) is 0 Å². The fraction of sp³-hybridized carbons (Fsp3) is 0.381. The zero-order valence-corrected chi connectivity index (χ0v) is 18.4. The predicted octanol–water partition coefficient (Wildman–Crippen LogP) is 3.90. The van der Waals surface area contributed by atoms with Crippen LogP contribution < -0.4 is 14.8 Å². The molecule has 0 spiro atoms. The van der Waals surface area contributed by atoms with Crippen molar-refractivity contribution in [1.82, 2.24) is 4.31 Å². The highest BCUT2D eigenvalue weighted by molar-refractivity contribution is 7.89.